The Morgan fingerprint density at radius 3 is 2.19 bits per heavy atom. The van der Waals surface area contributed by atoms with Crippen LogP contribution < -0.4 is 9.62 Å². The molecule has 0 spiro atoms. The van der Waals surface area contributed by atoms with E-state index in [9.17, 15) is 18.0 Å². The van der Waals surface area contributed by atoms with Crippen LogP contribution in [0.4, 0.5) is 5.69 Å². The van der Waals surface area contributed by atoms with E-state index in [1.807, 2.05) is 6.07 Å². The third-order valence-corrected chi connectivity index (χ3v) is 5.54. The number of hydrogen-bond donors (Lipinski definition) is 1. The number of nitrogens with zero attached hydrogens (tertiary/aromatic N) is 1. The van der Waals surface area contributed by atoms with Crippen molar-refractivity contribution in [2.75, 3.05) is 24.5 Å². The molecule has 7 nitrogen and oxygen atoms in total. The molecular formula is C18H20N2O5S. The van der Waals surface area contributed by atoms with Gasteiger partial charge in [0.2, 0.25) is 0 Å². The van der Waals surface area contributed by atoms with Crippen molar-refractivity contribution in [3.63, 3.8) is 0 Å². The van der Waals surface area contributed by atoms with Crippen molar-refractivity contribution in [2.24, 2.45) is 0 Å². The second-order valence-corrected chi connectivity index (χ2v) is 7.14. The maximum absolute atomic E-state index is 12.9. The summed E-state index contributed by atoms with van der Waals surface area (Å²) in [5.74, 6) is -1.13. The first kappa shape index (κ1) is 19.5. The molecule has 0 radical (unpaired) electrons. The van der Waals surface area contributed by atoms with Crippen molar-refractivity contribution in [3.8, 4) is 0 Å². The molecule has 0 fully saturated rings. The van der Waals surface area contributed by atoms with Gasteiger partial charge in [-0.05, 0) is 43.3 Å². The van der Waals surface area contributed by atoms with E-state index in [1.165, 1.54) is 35.6 Å². The lowest BCUT2D eigenvalue weighted by Crippen LogP contribution is -2.30. The summed E-state index contributed by atoms with van der Waals surface area (Å²) < 4.78 is 31.8. The molecule has 0 atom stereocenters. The number of carbonyl (C=O) groups is 2. The molecule has 0 aliphatic heterocycles. The molecule has 0 aromatic heterocycles. The monoisotopic (exact) mass is 376 g/mol. The van der Waals surface area contributed by atoms with Crippen molar-refractivity contribution in [2.45, 2.75) is 11.8 Å². The second kappa shape index (κ2) is 8.48. The quantitative estimate of drug-likeness (QED) is 0.744. The van der Waals surface area contributed by atoms with Crippen LogP contribution in [-0.4, -0.2) is 40.5 Å². The van der Waals surface area contributed by atoms with Crippen LogP contribution in [-0.2, 0) is 19.6 Å². The predicted molar refractivity (Wildman–Crippen MR) is 97.4 cm³/mol. The number of benzene rings is 2. The number of rotatable bonds is 7. The number of anilines is 1. The van der Waals surface area contributed by atoms with Crippen molar-refractivity contribution < 1.29 is 22.7 Å². The van der Waals surface area contributed by atoms with Crippen molar-refractivity contribution in [3.05, 3.63) is 60.2 Å². The molecule has 1 N–H and O–H groups in total. The third kappa shape index (κ3) is 4.40. The molecule has 0 heterocycles. The van der Waals surface area contributed by atoms with Crippen molar-refractivity contribution in [1.82, 2.24) is 5.32 Å². The van der Waals surface area contributed by atoms with E-state index in [1.54, 1.807) is 31.2 Å². The van der Waals surface area contributed by atoms with E-state index in [2.05, 4.69) is 5.32 Å². The fourth-order valence-electron chi connectivity index (χ4n) is 2.26. The van der Waals surface area contributed by atoms with Gasteiger partial charge in [0.1, 0.15) is 0 Å². The predicted octanol–water partition coefficient (Wildman–Crippen LogP) is 1.80. The standard InChI is InChI=1S/C18H20N2O5S/c1-3-20(15-7-5-4-6-8-15)26(23,24)16-11-9-14(10-12-16)18(22)25-13-17(21)19-2/h4-12H,3,13H2,1-2H3,(H,19,21). The minimum atomic E-state index is -3.76. The molecule has 0 aliphatic carbocycles. The molecule has 0 saturated carbocycles. The first-order valence-electron chi connectivity index (χ1n) is 7.95. The minimum Gasteiger partial charge on any atom is -0.452 e. The van der Waals surface area contributed by atoms with E-state index in [0.717, 1.165) is 0 Å². The molecule has 2 aromatic carbocycles. The Hall–Kier alpha value is -2.87. The molecule has 0 aliphatic rings. The Bertz CT molecular complexity index is 864. The molecule has 26 heavy (non-hydrogen) atoms. The zero-order valence-corrected chi connectivity index (χ0v) is 15.3. The molecule has 8 heteroatoms. The fourth-order valence-corrected chi connectivity index (χ4v) is 3.74. The third-order valence-electron chi connectivity index (χ3n) is 3.62. The zero-order valence-electron chi connectivity index (χ0n) is 14.5. The van der Waals surface area contributed by atoms with Gasteiger partial charge in [-0.1, -0.05) is 18.2 Å². The molecule has 0 saturated heterocycles. The average Bonchev–Trinajstić information content (AvgIpc) is 2.67. The number of carbonyl (C=O) groups excluding carboxylic acids is 2. The normalized spacial score (nSPS) is 10.8. The Kier molecular flexibility index (Phi) is 6.35. The Morgan fingerprint density at radius 2 is 1.65 bits per heavy atom. The summed E-state index contributed by atoms with van der Waals surface area (Å²) in [5.41, 5.74) is 0.722. The van der Waals surface area contributed by atoms with E-state index >= 15 is 0 Å². The first-order valence-corrected chi connectivity index (χ1v) is 9.39. The number of sulfonamides is 1. The highest BCUT2D eigenvalue weighted by Crippen LogP contribution is 2.23. The number of ether oxygens (including phenoxy) is 1. The fraction of sp³-hybridized carbons (Fsp3) is 0.222. The van der Waals surface area contributed by atoms with Gasteiger partial charge < -0.3 is 10.1 Å². The molecule has 0 bridgehead atoms. The highest BCUT2D eigenvalue weighted by Gasteiger charge is 2.23. The molecule has 138 valence electrons. The molecule has 2 aromatic rings. The van der Waals surface area contributed by atoms with Gasteiger partial charge in [0.15, 0.2) is 6.61 Å². The van der Waals surface area contributed by atoms with Crippen LogP contribution in [0.3, 0.4) is 0 Å². The molecule has 0 unspecified atom stereocenters. The summed E-state index contributed by atoms with van der Waals surface area (Å²) in [7, 11) is -2.33. The first-order chi connectivity index (χ1) is 12.4. The van der Waals surface area contributed by atoms with E-state index < -0.39 is 28.5 Å². The second-order valence-electron chi connectivity index (χ2n) is 5.28. The number of para-hydroxylation sites is 1. The number of nitrogens with one attached hydrogen (secondary N) is 1. The van der Waals surface area contributed by atoms with Gasteiger partial charge in [0.05, 0.1) is 16.1 Å². The zero-order chi connectivity index (χ0) is 19.2. The highest BCUT2D eigenvalue weighted by atomic mass is 32.2. The lowest BCUT2D eigenvalue weighted by Gasteiger charge is -2.22. The highest BCUT2D eigenvalue weighted by molar-refractivity contribution is 7.92. The van der Waals surface area contributed by atoms with E-state index in [0.29, 0.717) is 5.69 Å². The largest absolute Gasteiger partial charge is 0.452 e. The van der Waals surface area contributed by atoms with Gasteiger partial charge in [-0.2, -0.15) is 0 Å². The SMILES string of the molecule is CCN(c1ccccc1)S(=O)(=O)c1ccc(C(=O)OCC(=O)NC)cc1. The number of esters is 1. The maximum Gasteiger partial charge on any atom is 0.338 e. The van der Waals surface area contributed by atoms with Crippen LogP contribution in [0.2, 0.25) is 0 Å². The van der Waals surface area contributed by atoms with Gasteiger partial charge >= 0.3 is 5.97 Å². The Balaban J connectivity index is 2.20. The summed E-state index contributed by atoms with van der Waals surface area (Å²) in [6.07, 6.45) is 0. The summed E-state index contributed by atoms with van der Waals surface area (Å²) in [4.78, 5) is 23.0. The van der Waals surface area contributed by atoms with Gasteiger partial charge in [-0.15, -0.1) is 0 Å². The molecular weight excluding hydrogens is 356 g/mol. The maximum atomic E-state index is 12.9. The lowest BCUT2D eigenvalue weighted by atomic mass is 10.2. The van der Waals surface area contributed by atoms with E-state index in [4.69, 9.17) is 4.74 Å². The van der Waals surface area contributed by atoms with Gasteiger partial charge in [0.25, 0.3) is 15.9 Å². The van der Waals surface area contributed by atoms with Crippen LogP contribution in [0.5, 0.6) is 0 Å². The topological polar surface area (TPSA) is 92.8 Å². The average molecular weight is 376 g/mol. The van der Waals surface area contributed by atoms with Gasteiger partial charge in [-0.25, -0.2) is 13.2 Å². The Labute approximate surface area is 152 Å². The molecule has 2 rings (SSSR count). The van der Waals surface area contributed by atoms with Crippen molar-refractivity contribution >= 4 is 27.6 Å². The number of amides is 1. The van der Waals surface area contributed by atoms with Gasteiger partial charge in [-0.3, -0.25) is 9.10 Å². The van der Waals surface area contributed by atoms with Crippen LogP contribution in [0.1, 0.15) is 17.3 Å². The van der Waals surface area contributed by atoms with Gasteiger partial charge in [0, 0.05) is 13.6 Å². The van der Waals surface area contributed by atoms with E-state index in [-0.39, 0.29) is 17.0 Å². The molecule has 1 amide bonds. The lowest BCUT2D eigenvalue weighted by molar-refractivity contribution is -0.123. The summed E-state index contributed by atoms with van der Waals surface area (Å²) in [6.45, 7) is 1.62. The number of hydrogen-bond acceptors (Lipinski definition) is 5. The summed E-state index contributed by atoms with van der Waals surface area (Å²) >= 11 is 0. The minimum absolute atomic E-state index is 0.0612. The van der Waals surface area contributed by atoms with Crippen LogP contribution in [0.25, 0.3) is 0 Å². The van der Waals surface area contributed by atoms with Crippen LogP contribution in [0.15, 0.2) is 59.5 Å². The van der Waals surface area contributed by atoms with Crippen LogP contribution in [0, 0.1) is 0 Å². The summed E-state index contributed by atoms with van der Waals surface area (Å²) in [5, 5.41) is 2.33. The number of likely N-dealkylation sites (N-methyl/N-ethyl adjacent to an activating group) is 1. The summed E-state index contributed by atoms with van der Waals surface area (Å²) in [6, 6.07) is 14.2. The van der Waals surface area contributed by atoms with Crippen LogP contribution >= 0.6 is 0 Å². The smallest absolute Gasteiger partial charge is 0.338 e. The Morgan fingerprint density at radius 1 is 1.04 bits per heavy atom. The van der Waals surface area contributed by atoms with Crippen molar-refractivity contribution in [1.29, 1.82) is 0 Å².